The molecule has 0 bridgehead atoms. The maximum Gasteiger partial charge on any atom is 0.136 e. The summed E-state index contributed by atoms with van der Waals surface area (Å²) in [5.74, 6) is 0. The van der Waals surface area contributed by atoms with Crippen molar-refractivity contribution >= 4 is 163 Å². The molecule has 123 heavy (non-hydrogen) atoms. The lowest BCUT2D eigenvalue weighted by atomic mass is 9.85. The summed E-state index contributed by atoms with van der Waals surface area (Å²) >= 11 is 0. The van der Waals surface area contributed by atoms with Gasteiger partial charge in [-0.3, -0.25) is 0 Å². The Morgan fingerprint density at radius 1 is 0.0976 bits per heavy atom. The molecule has 0 saturated carbocycles. The molecule has 0 unspecified atom stereocenters. The van der Waals surface area contributed by atoms with Crippen LogP contribution in [0.5, 0.6) is 0 Å². The van der Waals surface area contributed by atoms with Gasteiger partial charge in [0.05, 0.1) is 0 Å². The lowest BCUT2D eigenvalue weighted by Gasteiger charge is -2.18. The summed E-state index contributed by atoms with van der Waals surface area (Å²) in [5, 5.41) is 29.4. The van der Waals surface area contributed by atoms with Gasteiger partial charge in [-0.05, 0) is 265 Å². The molecule has 0 atom stereocenters. The maximum atomic E-state index is 6.30. The van der Waals surface area contributed by atoms with Crippen LogP contribution < -0.4 is 0 Å². The molecule has 3 nitrogen and oxygen atoms in total. The van der Waals surface area contributed by atoms with Gasteiger partial charge in [0.15, 0.2) is 0 Å². The van der Waals surface area contributed by atoms with Gasteiger partial charge in [0.1, 0.15) is 33.5 Å². The quantitative estimate of drug-likeness (QED) is 0.142. The van der Waals surface area contributed by atoms with Gasteiger partial charge in [0.2, 0.25) is 0 Å². The van der Waals surface area contributed by atoms with Crippen LogP contribution in [0.4, 0.5) is 0 Å². The van der Waals surface area contributed by atoms with Crippen molar-refractivity contribution in [3.63, 3.8) is 0 Å². The predicted molar refractivity (Wildman–Crippen MR) is 522 cm³/mol. The van der Waals surface area contributed by atoms with E-state index in [4.69, 9.17) is 13.3 Å². The van der Waals surface area contributed by atoms with Crippen molar-refractivity contribution in [2.24, 2.45) is 0 Å². The summed E-state index contributed by atoms with van der Waals surface area (Å²) in [6.45, 7) is 0. The van der Waals surface area contributed by atoms with E-state index in [0.29, 0.717) is 0 Å². The standard InChI is InChI=1S/2C42H26O.C36H22O/c1-2-11-28-24-30(21-20-27(28)10-1)29-12-9-13-31(25-29)41-34-15-3-5-17-36(34)42(37-18-6-4-16-35(37)41)32-22-23-40-38(26-32)33-14-7-8-19-39(33)43-40;1-2-10-28(11-3-1)41-33-14-6-8-16-35(33)42(36-17-9-7-15-34(36)41)29-20-18-27(19-21-29)32-22-23-39-37(25-32)38-24-30-12-4-5-13-31(30)26-40(38)43-39;1-2-10-23(11-3-1)35-27-14-6-8-16-29(27)36(30-17-9-7-15-28(30)35)26-18-19-33-31(21-26)32-20-24-12-4-5-13-25(24)22-34(32)37-33/h2*1-26H;1-22H. The molecule has 0 saturated heterocycles. The Kier molecular flexibility index (Phi) is 17.0. The largest absolute Gasteiger partial charge is 0.456 e. The van der Waals surface area contributed by atoms with Gasteiger partial charge < -0.3 is 13.3 Å². The Labute approximate surface area is 709 Å². The average molecular weight is 1560 g/mol. The van der Waals surface area contributed by atoms with Gasteiger partial charge in [-0.1, -0.05) is 370 Å². The number of benzene rings is 23. The van der Waals surface area contributed by atoms with Crippen LogP contribution in [-0.2, 0) is 0 Å². The van der Waals surface area contributed by atoms with E-state index in [2.05, 4.69) is 437 Å². The van der Waals surface area contributed by atoms with Crippen LogP contribution in [0.3, 0.4) is 0 Å². The van der Waals surface area contributed by atoms with Gasteiger partial charge in [0.25, 0.3) is 0 Å². The Hall–Kier alpha value is -16.2. The molecule has 3 aromatic heterocycles. The zero-order valence-corrected chi connectivity index (χ0v) is 66.9. The topological polar surface area (TPSA) is 39.4 Å². The van der Waals surface area contributed by atoms with Crippen LogP contribution in [0.1, 0.15) is 0 Å². The molecule has 26 rings (SSSR count). The second-order valence-electron chi connectivity index (χ2n) is 32.3. The van der Waals surface area contributed by atoms with E-state index in [0.717, 1.165) is 65.8 Å². The highest BCUT2D eigenvalue weighted by atomic mass is 16.3. The smallest absolute Gasteiger partial charge is 0.136 e. The highest BCUT2D eigenvalue weighted by Gasteiger charge is 2.23. The number of fused-ring (bicyclic) bond motifs is 18. The van der Waals surface area contributed by atoms with Crippen molar-refractivity contribution in [2.75, 3.05) is 0 Å². The first-order valence-electron chi connectivity index (χ1n) is 42.2. The second-order valence-corrected chi connectivity index (χ2v) is 32.3. The summed E-state index contributed by atoms with van der Waals surface area (Å²) in [6.07, 6.45) is 0. The fourth-order valence-electron chi connectivity index (χ4n) is 19.7. The minimum Gasteiger partial charge on any atom is -0.456 e. The molecular weight excluding hydrogens is 1490 g/mol. The van der Waals surface area contributed by atoms with E-state index in [9.17, 15) is 0 Å². The molecule has 3 heterocycles. The Bertz CT molecular complexity index is 8570. The average Bonchev–Trinajstić information content (AvgIpc) is 1.45. The first kappa shape index (κ1) is 71.0. The van der Waals surface area contributed by atoms with Crippen molar-refractivity contribution in [1.82, 2.24) is 0 Å². The van der Waals surface area contributed by atoms with Gasteiger partial charge in [0, 0.05) is 32.3 Å². The van der Waals surface area contributed by atoms with Crippen LogP contribution in [0.15, 0.2) is 462 Å². The SMILES string of the molecule is c1cc(-c2ccc3ccccc3c2)cc(-c2c3ccccc3c(-c3ccc4oc5ccccc5c4c3)c3ccccc23)c1.c1ccc(-c2c3ccccc3c(-c3ccc(-c4ccc5oc6cc7ccccc7cc6c5c4)cc3)c3ccccc23)cc1.c1ccc(-c2c3ccccc3c(-c3ccc4oc5cc6ccccc6cc5c4c3)c3ccccc23)cc1. The Balaban J connectivity index is 0.000000104. The fourth-order valence-corrected chi connectivity index (χ4v) is 19.7. The number of para-hydroxylation sites is 1. The van der Waals surface area contributed by atoms with Crippen LogP contribution in [0, 0.1) is 0 Å². The molecule has 0 aliphatic rings. The third-order valence-corrected chi connectivity index (χ3v) is 25.3. The van der Waals surface area contributed by atoms with Crippen LogP contribution in [-0.4, -0.2) is 0 Å². The van der Waals surface area contributed by atoms with Crippen molar-refractivity contribution in [1.29, 1.82) is 0 Å². The minimum atomic E-state index is 0.917. The highest BCUT2D eigenvalue weighted by Crippen LogP contribution is 2.50. The number of rotatable bonds is 8. The molecule has 3 heteroatoms. The molecule has 0 radical (unpaired) electrons. The van der Waals surface area contributed by atoms with Crippen LogP contribution >= 0.6 is 0 Å². The summed E-state index contributed by atoms with van der Waals surface area (Å²) < 4.78 is 18.7. The van der Waals surface area contributed by atoms with Crippen LogP contribution in [0.25, 0.3) is 252 Å². The normalized spacial score (nSPS) is 11.7. The van der Waals surface area contributed by atoms with E-state index in [1.165, 1.54) is 186 Å². The third kappa shape index (κ3) is 12.2. The van der Waals surface area contributed by atoms with Crippen molar-refractivity contribution < 1.29 is 13.3 Å². The molecule has 0 amide bonds. The maximum absolute atomic E-state index is 6.30. The molecule has 23 aromatic carbocycles. The van der Waals surface area contributed by atoms with Crippen molar-refractivity contribution in [3.05, 3.63) is 449 Å². The minimum absolute atomic E-state index is 0.917. The van der Waals surface area contributed by atoms with Crippen molar-refractivity contribution in [3.8, 4) is 89.0 Å². The molecule has 0 spiro atoms. The lowest BCUT2D eigenvalue weighted by Crippen LogP contribution is -1.91. The molecule has 0 fully saturated rings. The molecule has 0 N–H and O–H groups in total. The first-order chi connectivity index (χ1) is 61.0. The first-order valence-corrected chi connectivity index (χ1v) is 42.2. The van der Waals surface area contributed by atoms with Gasteiger partial charge in [-0.2, -0.15) is 0 Å². The summed E-state index contributed by atoms with van der Waals surface area (Å²) in [7, 11) is 0. The van der Waals surface area contributed by atoms with Gasteiger partial charge in [-0.25, -0.2) is 0 Å². The third-order valence-electron chi connectivity index (χ3n) is 25.3. The van der Waals surface area contributed by atoms with E-state index < -0.39 is 0 Å². The second kappa shape index (κ2) is 29.4. The lowest BCUT2D eigenvalue weighted by molar-refractivity contribution is 0.668. The predicted octanol–water partition coefficient (Wildman–Crippen LogP) is 34.5. The number of furan rings is 3. The Morgan fingerprint density at radius 3 is 0.740 bits per heavy atom. The molecule has 0 aliphatic heterocycles. The molecule has 572 valence electrons. The summed E-state index contributed by atoms with van der Waals surface area (Å²) in [6, 6.07) is 162. The molecule has 0 aliphatic carbocycles. The summed E-state index contributed by atoms with van der Waals surface area (Å²) in [5.41, 5.74) is 25.3. The van der Waals surface area contributed by atoms with Crippen LogP contribution in [0.2, 0.25) is 0 Å². The molecular formula is C120H74O3. The van der Waals surface area contributed by atoms with E-state index >= 15 is 0 Å². The summed E-state index contributed by atoms with van der Waals surface area (Å²) in [4.78, 5) is 0. The van der Waals surface area contributed by atoms with E-state index in [1.54, 1.807) is 0 Å². The van der Waals surface area contributed by atoms with Crippen molar-refractivity contribution in [2.45, 2.75) is 0 Å². The Morgan fingerprint density at radius 2 is 0.325 bits per heavy atom. The highest BCUT2D eigenvalue weighted by molar-refractivity contribution is 6.26. The number of hydrogen-bond donors (Lipinski definition) is 0. The van der Waals surface area contributed by atoms with E-state index in [1.807, 2.05) is 12.1 Å². The van der Waals surface area contributed by atoms with Gasteiger partial charge >= 0.3 is 0 Å². The van der Waals surface area contributed by atoms with E-state index in [-0.39, 0.29) is 0 Å². The number of hydrogen-bond acceptors (Lipinski definition) is 3. The molecule has 26 aromatic rings. The van der Waals surface area contributed by atoms with Gasteiger partial charge in [-0.15, -0.1) is 0 Å². The monoisotopic (exact) mass is 1560 g/mol. The zero-order valence-electron chi connectivity index (χ0n) is 66.9. The zero-order chi connectivity index (χ0) is 81.0. The fraction of sp³-hybridized carbons (Fsp3) is 0.